The number of carbonyl (C=O) groups is 1. The molecular formula is C15H19N3OS. The van der Waals surface area contributed by atoms with E-state index in [0.29, 0.717) is 17.5 Å². The van der Waals surface area contributed by atoms with Gasteiger partial charge in [0.25, 0.3) is 0 Å². The van der Waals surface area contributed by atoms with Crippen molar-refractivity contribution in [1.82, 2.24) is 10.2 Å². The molecule has 2 aromatic rings. The normalized spacial score (nSPS) is 12.4. The average Bonchev–Trinajstić information content (AvgIpc) is 2.88. The second-order valence-corrected chi connectivity index (χ2v) is 6.17. The molecule has 0 aliphatic carbocycles. The molecule has 0 fully saturated rings. The molecule has 1 aromatic carbocycles. The van der Waals surface area contributed by atoms with Crippen LogP contribution in [0.15, 0.2) is 30.3 Å². The lowest BCUT2D eigenvalue weighted by atomic mass is 9.98. The Labute approximate surface area is 123 Å². The minimum Gasteiger partial charge on any atom is -0.301 e. The Morgan fingerprint density at radius 2 is 1.90 bits per heavy atom. The maximum atomic E-state index is 12.0. The van der Waals surface area contributed by atoms with Crippen LogP contribution >= 0.6 is 11.3 Å². The third-order valence-electron chi connectivity index (χ3n) is 3.04. The zero-order valence-corrected chi connectivity index (χ0v) is 12.8. The van der Waals surface area contributed by atoms with Crippen LogP contribution in [-0.2, 0) is 4.79 Å². The number of amides is 1. The molecule has 1 N–H and O–H groups in total. The minimum atomic E-state index is -0.0205. The lowest BCUT2D eigenvalue weighted by Gasteiger charge is -2.10. The molecule has 2 rings (SSSR count). The van der Waals surface area contributed by atoms with E-state index >= 15 is 0 Å². The fraction of sp³-hybridized carbons (Fsp3) is 0.400. The van der Waals surface area contributed by atoms with Crippen LogP contribution in [0.5, 0.6) is 0 Å². The summed E-state index contributed by atoms with van der Waals surface area (Å²) >= 11 is 1.44. The monoisotopic (exact) mass is 289 g/mol. The molecule has 1 atom stereocenters. The number of anilines is 1. The smallest absolute Gasteiger partial charge is 0.226 e. The van der Waals surface area contributed by atoms with Gasteiger partial charge in [-0.15, -0.1) is 10.2 Å². The summed E-state index contributed by atoms with van der Waals surface area (Å²) in [5.41, 5.74) is 1.17. The zero-order chi connectivity index (χ0) is 14.5. The first-order chi connectivity index (χ1) is 9.56. The fourth-order valence-corrected chi connectivity index (χ4v) is 2.63. The maximum Gasteiger partial charge on any atom is 0.226 e. The van der Waals surface area contributed by atoms with Gasteiger partial charge in [-0.1, -0.05) is 62.4 Å². The molecule has 0 spiro atoms. The summed E-state index contributed by atoms with van der Waals surface area (Å²) in [7, 11) is 0. The minimum absolute atomic E-state index is 0.0205. The average molecular weight is 289 g/mol. The molecule has 106 valence electrons. The second kappa shape index (κ2) is 6.61. The van der Waals surface area contributed by atoms with Crippen LogP contribution < -0.4 is 5.32 Å². The van der Waals surface area contributed by atoms with Crippen molar-refractivity contribution < 1.29 is 4.79 Å². The summed E-state index contributed by atoms with van der Waals surface area (Å²) in [6, 6.07) is 10.0. The quantitative estimate of drug-likeness (QED) is 0.911. The standard InChI is InChI=1S/C15H19N3OS/c1-10(2)14-17-18-15(20-14)16-13(19)9-11(3)12-7-5-4-6-8-12/h4-8,10-11H,9H2,1-3H3,(H,16,18,19)/t11-/m0/s1. The van der Waals surface area contributed by atoms with E-state index in [1.165, 1.54) is 16.9 Å². The summed E-state index contributed by atoms with van der Waals surface area (Å²) in [5.74, 6) is 0.503. The topological polar surface area (TPSA) is 54.9 Å². The molecule has 0 saturated heterocycles. The first-order valence-corrected chi connectivity index (χ1v) is 7.56. The number of benzene rings is 1. The van der Waals surface area contributed by atoms with Crippen molar-refractivity contribution in [1.29, 1.82) is 0 Å². The summed E-state index contributed by atoms with van der Waals surface area (Å²) < 4.78 is 0. The maximum absolute atomic E-state index is 12.0. The molecular weight excluding hydrogens is 270 g/mol. The molecule has 0 bridgehead atoms. The highest BCUT2D eigenvalue weighted by Gasteiger charge is 2.14. The van der Waals surface area contributed by atoms with Gasteiger partial charge in [-0.05, 0) is 11.5 Å². The number of hydrogen-bond donors (Lipinski definition) is 1. The van der Waals surface area contributed by atoms with Gasteiger partial charge in [0.05, 0.1) is 0 Å². The Kier molecular flexibility index (Phi) is 4.84. The Hall–Kier alpha value is -1.75. The Morgan fingerprint density at radius 1 is 1.20 bits per heavy atom. The Morgan fingerprint density at radius 3 is 2.50 bits per heavy atom. The number of nitrogens with one attached hydrogen (secondary N) is 1. The van der Waals surface area contributed by atoms with Crippen LogP contribution in [0.25, 0.3) is 0 Å². The largest absolute Gasteiger partial charge is 0.301 e. The van der Waals surface area contributed by atoms with Crippen molar-refractivity contribution in [3.05, 3.63) is 40.9 Å². The van der Waals surface area contributed by atoms with E-state index in [0.717, 1.165) is 5.01 Å². The summed E-state index contributed by atoms with van der Waals surface area (Å²) in [4.78, 5) is 12.0. The molecule has 0 unspecified atom stereocenters. The predicted molar refractivity (Wildman–Crippen MR) is 82.1 cm³/mol. The molecule has 0 saturated carbocycles. The highest BCUT2D eigenvalue weighted by atomic mass is 32.1. The summed E-state index contributed by atoms with van der Waals surface area (Å²) in [6.45, 7) is 6.17. The Bertz CT molecular complexity index is 566. The second-order valence-electron chi connectivity index (χ2n) is 5.16. The molecule has 0 radical (unpaired) electrons. The van der Waals surface area contributed by atoms with Crippen molar-refractivity contribution in [2.24, 2.45) is 0 Å². The van der Waals surface area contributed by atoms with Crippen LogP contribution in [0.4, 0.5) is 5.13 Å². The van der Waals surface area contributed by atoms with Gasteiger partial charge in [-0.25, -0.2) is 0 Å². The van der Waals surface area contributed by atoms with Crippen LogP contribution in [0.1, 0.15) is 49.6 Å². The van der Waals surface area contributed by atoms with Crippen molar-refractivity contribution in [2.75, 3.05) is 5.32 Å². The molecule has 1 amide bonds. The molecule has 1 heterocycles. The predicted octanol–water partition coefficient (Wildman–Crippen LogP) is 3.79. The van der Waals surface area contributed by atoms with Crippen molar-refractivity contribution in [2.45, 2.75) is 39.0 Å². The van der Waals surface area contributed by atoms with Crippen molar-refractivity contribution in [3.63, 3.8) is 0 Å². The van der Waals surface area contributed by atoms with Gasteiger partial charge in [-0.2, -0.15) is 0 Å². The van der Waals surface area contributed by atoms with Gasteiger partial charge in [-0.3, -0.25) is 4.79 Å². The van der Waals surface area contributed by atoms with E-state index in [-0.39, 0.29) is 11.8 Å². The van der Waals surface area contributed by atoms with Crippen LogP contribution in [0.2, 0.25) is 0 Å². The van der Waals surface area contributed by atoms with E-state index in [9.17, 15) is 4.79 Å². The van der Waals surface area contributed by atoms with Crippen LogP contribution in [0.3, 0.4) is 0 Å². The van der Waals surface area contributed by atoms with E-state index in [1.54, 1.807) is 0 Å². The van der Waals surface area contributed by atoms with Gasteiger partial charge in [0, 0.05) is 12.3 Å². The van der Waals surface area contributed by atoms with Gasteiger partial charge < -0.3 is 5.32 Å². The lowest BCUT2D eigenvalue weighted by Crippen LogP contribution is -2.14. The first kappa shape index (κ1) is 14.7. The van der Waals surface area contributed by atoms with Gasteiger partial charge in [0.2, 0.25) is 11.0 Å². The van der Waals surface area contributed by atoms with Crippen LogP contribution in [-0.4, -0.2) is 16.1 Å². The van der Waals surface area contributed by atoms with E-state index in [4.69, 9.17) is 0 Å². The van der Waals surface area contributed by atoms with Crippen molar-refractivity contribution in [3.8, 4) is 0 Å². The number of nitrogens with zero attached hydrogens (tertiary/aromatic N) is 2. The van der Waals surface area contributed by atoms with Gasteiger partial charge >= 0.3 is 0 Å². The molecule has 20 heavy (non-hydrogen) atoms. The fourth-order valence-electron chi connectivity index (χ4n) is 1.87. The number of aromatic nitrogens is 2. The van der Waals surface area contributed by atoms with Gasteiger partial charge in [0.15, 0.2) is 0 Å². The van der Waals surface area contributed by atoms with Crippen molar-refractivity contribution >= 4 is 22.4 Å². The molecule has 0 aliphatic heterocycles. The number of carbonyl (C=O) groups excluding carboxylic acids is 1. The van der Waals surface area contributed by atoms with E-state index in [1.807, 2.05) is 30.3 Å². The highest BCUT2D eigenvalue weighted by Crippen LogP contribution is 2.24. The third-order valence-corrected chi connectivity index (χ3v) is 4.18. The molecule has 0 aliphatic rings. The number of rotatable bonds is 5. The molecule has 1 aromatic heterocycles. The molecule has 5 heteroatoms. The zero-order valence-electron chi connectivity index (χ0n) is 12.0. The Balaban J connectivity index is 1.92. The summed E-state index contributed by atoms with van der Waals surface area (Å²) in [6.07, 6.45) is 0.445. The SMILES string of the molecule is CC(C)c1nnc(NC(=O)C[C@H](C)c2ccccc2)s1. The van der Waals surface area contributed by atoms with E-state index < -0.39 is 0 Å². The lowest BCUT2D eigenvalue weighted by molar-refractivity contribution is -0.116. The third kappa shape index (κ3) is 3.87. The first-order valence-electron chi connectivity index (χ1n) is 6.74. The van der Waals surface area contributed by atoms with Crippen LogP contribution in [0, 0.1) is 0 Å². The van der Waals surface area contributed by atoms with Gasteiger partial charge in [0.1, 0.15) is 5.01 Å². The van der Waals surface area contributed by atoms with E-state index in [2.05, 4.69) is 36.3 Å². The number of hydrogen-bond acceptors (Lipinski definition) is 4. The summed E-state index contributed by atoms with van der Waals surface area (Å²) in [5, 5.41) is 12.4. The highest BCUT2D eigenvalue weighted by molar-refractivity contribution is 7.15. The molecule has 4 nitrogen and oxygen atoms in total.